The molecular weight excluding hydrogens is 336 g/mol. The Hall–Kier alpha value is -1.40. The van der Waals surface area contributed by atoms with Crippen LogP contribution in [-0.4, -0.2) is 48.7 Å². The summed E-state index contributed by atoms with van der Waals surface area (Å²) in [6.07, 6.45) is 5.30. The zero-order valence-electron chi connectivity index (χ0n) is 15.1. The summed E-state index contributed by atoms with van der Waals surface area (Å²) in [6.45, 7) is 5.55. The minimum absolute atomic E-state index is 0.0506. The third kappa shape index (κ3) is 3.90. The van der Waals surface area contributed by atoms with Crippen molar-refractivity contribution in [3.05, 3.63) is 29.8 Å². The van der Waals surface area contributed by atoms with Gasteiger partial charge in [0.25, 0.3) is 0 Å². The van der Waals surface area contributed by atoms with E-state index in [1.807, 2.05) is 30.9 Å². The smallest absolute Gasteiger partial charge is 0.243 e. The van der Waals surface area contributed by atoms with Crippen LogP contribution in [0.25, 0.3) is 0 Å². The van der Waals surface area contributed by atoms with Crippen molar-refractivity contribution < 1.29 is 13.2 Å². The molecule has 1 aromatic rings. The zero-order valence-corrected chi connectivity index (χ0v) is 16.0. The molecule has 3 rings (SSSR count). The van der Waals surface area contributed by atoms with Gasteiger partial charge in [-0.15, -0.1) is 0 Å². The molecule has 0 saturated carbocycles. The highest BCUT2D eigenvalue weighted by Gasteiger charge is 2.35. The summed E-state index contributed by atoms with van der Waals surface area (Å²) in [6, 6.07) is 7.29. The van der Waals surface area contributed by atoms with Crippen molar-refractivity contribution in [3.8, 4) is 0 Å². The van der Waals surface area contributed by atoms with E-state index in [0.717, 1.165) is 44.2 Å². The zero-order chi connectivity index (χ0) is 18.0. The first-order chi connectivity index (χ1) is 11.9. The van der Waals surface area contributed by atoms with Gasteiger partial charge in [-0.3, -0.25) is 4.79 Å². The standard InChI is InChI=1S/C19H28N2O3S/c1-15-5-3-6-16(2)21(15)25(23,24)18-10-8-17(9-11-18)12-14-20-13-4-7-19(20)22/h8-11,15-16H,3-7,12-14H2,1-2H3. The molecule has 2 atom stereocenters. The molecule has 2 heterocycles. The highest BCUT2D eigenvalue weighted by molar-refractivity contribution is 7.89. The second kappa shape index (κ2) is 7.46. The fraction of sp³-hybridized carbons (Fsp3) is 0.632. The van der Waals surface area contributed by atoms with Crippen molar-refractivity contribution in [1.82, 2.24) is 9.21 Å². The SMILES string of the molecule is CC1CCCC(C)N1S(=O)(=O)c1ccc(CCN2CCCC2=O)cc1. The highest BCUT2D eigenvalue weighted by atomic mass is 32.2. The Bertz CT molecular complexity index is 705. The molecule has 6 heteroatoms. The Morgan fingerprint density at radius 3 is 2.24 bits per heavy atom. The molecule has 0 spiro atoms. The van der Waals surface area contributed by atoms with Crippen LogP contribution < -0.4 is 0 Å². The average molecular weight is 365 g/mol. The van der Waals surface area contributed by atoms with Gasteiger partial charge in [0.15, 0.2) is 0 Å². The van der Waals surface area contributed by atoms with Gasteiger partial charge in [-0.05, 0) is 57.2 Å². The van der Waals surface area contributed by atoms with Crippen LogP contribution >= 0.6 is 0 Å². The summed E-state index contributed by atoms with van der Waals surface area (Å²) in [5, 5.41) is 0. The second-order valence-electron chi connectivity index (χ2n) is 7.34. The summed E-state index contributed by atoms with van der Waals surface area (Å²) in [5.41, 5.74) is 1.07. The Morgan fingerprint density at radius 1 is 1.04 bits per heavy atom. The summed E-state index contributed by atoms with van der Waals surface area (Å²) in [4.78, 5) is 13.9. The molecule has 5 nitrogen and oxygen atoms in total. The number of piperidine rings is 1. The van der Waals surface area contributed by atoms with Gasteiger partial charge in [0.2, 0.25) is 15.9 Å². The van der Waals surface area contributed by atoms with E-state index >= 15 is 0 Å². The van der Waals surface area contributed by atoms with Gasteiger partial charge in [0, 0.05) is 31.6 Å². The third-order valence-corrected chi connectivity index (χ3v) is 7.60. The second-order valence-corrected chi connectivity index (χ2v) is 9.19. The van der Waals surface area contributed by atoms with E-state index in [9.17, 15) is 13.2 Å². The number of amides is 1. The molecule has 138 valence electrons. The Kier molecular flexibility index (Phi) is 5.49. The molecule has 0 bridgehead atoms. The minimum Gasteiger partial charge on any atom is -0.342 e. The lowest BCUT2D eigenvalue weighted by atomic mass is 10.0. The van der Waals surface area contributed by atoms with Crippen LogP contribution in [0.2, 0.25) is 0 Å². The predicted octanol–water partition coefficient (Wildman–Crippen LogP) is 2.80. The van der Waals surface area contributed by atoms with E-state index in [0.29, 0.717) is 17.9 Å². The maximum absolute atomic E-state index is 13.0. The molecule has 0 aromatic heterocycles. The number of hydrogen-bond donors (Lipinski definition) is 0. The van der Waals surface area contributed by atoms with Gasteiger partial charge in [-0.1, -0.05) is 18.6 Å². The molecule has 2 aliphatic rings. The lowest BCUT2D eigenvalue weighted by molar-refractivity contribution is -0.127. The first-order valence-electron chi connectivity index (χ1n) is 9.30. The van der Waals surface area contributed by atoms with Crippen LogP contribution in [0.5, 0.6) is 0 Å². The van der Waals surface area contributed by atoms with Gasteiger partial charge < -0.3 is 4.90 Å². The van der Waals surface area contributed by atoms with Crippen molar-refractivity contribution in [1.29, 1.82) is 0 Å². The molecule has 25 heavy (non-hydrogen) atoms. The quantitative estimate of drug-likeness (QED) is 0.807. The lowest BCUT2D eigenvalue weighted by Gasteiger charge is -2.37. The third-order valence-electron chi connectivity index (χ3n) is 5.45. The van der Waals surface area contributed by atoms with Crippen LogP contribution in [-0.2, 0) is 21.2 Å². The fourth-order valence-electron chi connectivity index (χ4n) is 4.03. The monoisotopic (exact) mass is 364 g/mol. The topological polar surface area (TPSA) is 57.7 Å². The normalized spacial score (nSPS) is 25.5. The van der Waals surface area contributed by atoms with E-state index in [4.69, 9.17) is 0 Å². The van der Waals surface area contributed by atoms with Crippen molar-refractivity contribution in [2.75, 3.05) is 13.1 Å². The van der Waals surface area contributed by atoms with Gasteiger partial charge >= 0.3 is 0 Å². The number of benzene rings is 1. The van der Waals surface area contributed by atoms with Crippen LogP contribution in [0.4, 0.5) is 0 Å². The molecule has 0 radical (unpaired) electrons. The summed E-state index contributed by atoms with van der Waals surface area (Å²) in [5.74, 6) is 0.229. The summed E-state index contributed by atoms with van der Waals surface area (Å²) < 4.78 is 27.7. The molecule has 2 fully saturated rings. The number of likely N-dealkylation sites (tertiary alicyclic amines) is 1. The molecule has 2 saturated heterocycles. The summed E-state index contributed by atoms with van der Waals surface area (Å²) >= 11 is 0. The Balaban J connectivity index is 1.69. The molecule has 2 aliphatic heterocycles. The van der Waals surface area contributed by atoms with E-state index < -0.39 is 10.0 Å². The molecule has 2 unspecified atom stereocenters. The van der Waals surface area contributed by atoms with E-state index in [-0.39, 0.29) is 18.0 Å². The molecule has 1 aromatic carbocycles. The van der Waals surface area contributed by atoms with E-state index in [1.165, 1.54) is 0 Å². The number of carbonyl (C=O) groups is 1. The first kappa shape index (κ1) is 18.4. The maximum atomic E-state index is 13.0. The van der Waals surface area contributed by atoms with Gasteiger partial charge in [0.1, 0.15) is 0 Å². The van der Waals surface area contributed by atoms with Crippen molar-refractivity contribution in [2.45, 2.75) is 69.4 Å². The van der Waals surface area contributed by atoms with Crippen LogP contribution in [0.3, 0.4) is 0 Å². The van der Waals surface area contributed by atoms with Crippen LogP contribution in [0.15, 0.2) is 29.2 Å². The number of hydrogen-bond acceptors (Lipinski definition) is 3. The summed E-state index contributed by atoms with van der Waals surface area (Å²) in [7, 11) is -3.45. The molecule has 1 amide bonds. The Labute approximate surface area is 151 Å². The van der Waals surface area contributed by atoms with Crippen LogP contribution in [0.1, 0.15) is 51.5 Å². The number of nitrogens with zero attached hydrogens (tertiary/aromatic N) is 2. The molecular formula is C19H28N2O3S. The first-order valence-corrected chi connectivity index (χ1v) is 10.7. The number of sulfonamides is 1. The van der Waals surface area contributed by atoms with E-state index in [2.05, 4.69) is 0 Å². The number of rotatable bonds is 5. The average Bonchev–Trinajstić information content (AvgIpc) is 2.98. The fourth-order valence-corrected chi connectivity index (χ4v) is 5.91. The maximum Gasteiger partial charge on any atom is 0.243 e. The predicted molar refractivity (Wildman–Crippen MR) is 97.8 cm³/mol. The lowest BCUT2D eigenvalue weighted by Crippen LogP contribution is -2.47. The van der Waals surface area contributed by atoms with Crippen molar-refractivity contribution in [2.24, 2.45) is 0 Å². The highest BCUT2D eigenvalue weighted by Crippen LogP contribution is 2.29. The minimum atomic E-state index is -3.45. The van der Waals surface area contributed by atoms with Crippen LogP contribution in [0, 0.1) is 0 Å². The van der Waals surface area contributed by atoms with Crippen molar-refractivity contribution >= 4 is 15.9 Å². The molecule has 0 N–H and O–H groups in total. The van der Waals surface area contributed by atoms with Gasteiger partial charge in [-0.2, -0.15) is 4.31 Å². The van der Waals surface area contributed by atoms with Gasteiger partial charge in [0.05, 0.1) is 4.90 Å². The largest absolute Gasteiger partial charge is 0.342 e. The van der Waals surface area contributed by atoms with Gasteiger partial charge in [-0.25, -0.2) is 8.42 Å². The molecule has 0 aliphatic carbocycles. The van der Waals surface area contributed by atoms with Crippen molar-refractivity contribution in [3.63, 3.8) is 0 Å². The Morgan fingerprint density at radius 2 is 1.68 bits per heavy atom. The van der Waals surface area contributed by atoms with E-state index in [1.54, 1.807) is 16.4 Å². The number of carbonyl (C=O) groups excluding carboxylic acids is 1.